The molecule has 0 atom stereocenters. The maximum atomic E-state index is 12.5. The summed E-state index contributed by atoms with van der Waals surface area (Å²) >= 11 is 2.83. The van der Waals surface area contributed by atoms with E-state index in [9.17, 15) is 9.59 Å². The van der Waals surface area contributed by atoms with Crippen LogP contribution in [0.2, 0.25) is 0 Å². The average molecular weight is 421 g/mol. The van der Waals surface area contributed by atoms with Crippen molar-refractivity contribution < 1.29 is 14.3 Å². The minimum Gasteiger partial charge on any atom is -0.462 e. The van der Waals surface area contributed by atoms with Crippen molar-refractivity contribution in [2.45, 2.75) is 63.1 Å². The molecule has 0 bridgehead atoms. The standard InChI is InChI=1S/C19H24N4O3S2/c1-3-13-9-14(18(25)26-4-2)17(28-13)20-15(24)10-27-19-22-21-16(11-5-6-11)23(19)12-7-8-12/h9,11-12H,3-8,10H2,1-2H3,(H,20,24). The van der Waals surface area contributed by atoms with E-state index in [-0.39, 0.29) is 11.7 Å². The van der Waals surface area contributed by atoms with Gasteiger partial charge in [-0.1, -0.05) is 18.7 Å². The van der Waals surface area contributed by atoms with Crippen LogP contribution in [0.1, 0.15) is 72.6 Å². The number of hydrogen-bond acceptors (Lipinski definition) is 7. The Morgan fingerprint density at radius 3 is 2.71 bits per heavy atom. The summed E-state index contributed by atoms with van der Waals surface area (Å²) in [7, 11) is 0. The lowest BCUT2D eigenvalue weighted by molar-refractivity contribution is -0.113. The van der Waals surface area contributed by atoms with Gasteiger partial charge < -0.3 is 14.6 Å². The second-order valence-electron chi connectivity index (χ2n) is 7.08. The van der Waals surface area contributed by atoms with Crippen molar-refractivity contribution in [2.24, 2.45) is 0 Å². The van der Waals surface area contributed by atoms with Gasteiger partial charge in [0.2, 0.25) is 5.91 Å². The van der Waals surface area contributed by atoms with E-state index in [0.717, 1.165) is 35.1 Å². The highest BCUT2D eigenvalue weighted by molar-refractivity contribution is 7.99. The third-order valence-electron chi connectivity index (χ3n) is 4.76. The monoisotopic (exact) mass is 420 g/mol. The molecule has 2 aromatic heterocycles. The zero-order valence-corrected chi connectivity index (χ0v) is 17.7. The van der Waals surface area contributed by atoms with Gasteiger partial charge in [0.25, 0.3) is 0 Å². The Labute approximate surface area is 172 Å². The molecule has 4 rings (SSSR count). The molecular formula is C19H24N4O3S2. The molecule has 0 aromatic carbocycles. The summed E-state index contributed by atoms with van der Waals surface area (Å²) in [5, 5.41) is 13.0. The van der Waals surface area contributed by atoms with E-state index < -0.39 is 5.97 Å². The van der Waals surface area contributed by atoms with Gasteiger partial charge in [0.1, 0.15) is 10.8 Å². The van der Waals surface area contributed by atoms with Crippen LogP contribution < -0.4 is 5.32 Å². The van der Waals surface area contributed by atoms with E-state index in [1.54, 1.807) is 13.0 Å². The molecule has 0 spiro atoms. The summed E-state index contributed by atoms with van der Waals surface area (Å²) in [6, 6.07) is 2.30. The molecule has 2 heterocycles. The van der Waals surface area contributed by atoms with Gasteiger partial charge in [0.05, 0.1) is 17.9 Å². The van der Waals surface area contributed by atoms with Crippen molar-refractivity contribution >= 4 is 40.0 Å². The number of aromatic nitrogens is 3. The van der Waals surface area contributed by atoms with E-state index in [4.69, 9.17) is 4.74 Å². The number of ether oxygens (including phenoxy) is 1. The zero-order valence-electron chi connectivity index (χ0n) is 16.1. The number of anilines is 1. The largest absolute Gasteiger partial charge is 0.462 e. The van der Waals surface area contributed by atoms with Crippen molar-refractivity contribution in [1.82, 2.24) is 14.8 Å². The molecule has 9 heteroatoms. The minimum absolute atomic E-state index is 0.154. The molecule has 2 aromatic rings. The lowest BCUT2D eigenvalue weighted by Gasteiger charge is -2.08. The molecule has 1 amide bonds. The highest BCUT2D eigenvalue weighted by Gasteiger charge is 2.36. The highest BCUT2D eigenvalue weighted by Crippen LogP contribution is 2.46. The molecule has 28 heavy (non-hydrogen) atoms. The number of rotatable bonds is 9. The Morgan fingerprint density at radius 2 is 2.07 bits per heavy atom. The number of thiophene rings is 1. The van der Waals surface area contributed by atoms with E-state index in [0.29, 0.717) is 29.1 Å². The van der Waals surface area contributed by atoms with Crippen LogP contribution in [0.15, 0.2) is 11.2 Å². The number of esters is 1. The highest BCUT2D eigenvalue weighted by atomic mass is 32.2. The Kier molecular flexibility index (Phi) is 5.73. The van der Waals surface area contributed by atoms with Gasteiger partial charge in [-0.2, -0.15) is 0 Å². The number of hydrogen-bond donors (Lipinski definition) is 1. The van der Waals surface area contributed by atoms with Crippen LogP contribution >= 0.6 is 23.1 Å². The number of thioether (sulfide) groups is 1. The Morgan fingerprint density at radius 1 is 1.29 bits per heavy atom. The quantitative estimate of drug-likeness (QED) is 0.487. The fraction of sp³-hybridized carbons (Fsp3) is 0.579. The first kappa shape index (κ1) is 19.4. The van der Waals surface area contributed by atoms with Crippen molar-refractivity contribution in [3.05, 3.63) is 22.3 Å². The summed E-state index contributed by atoms with van der Waals surface area (Å²) in [5.74, 6) is 1.31. The van der Waals surface area contributed by atoms with Crippen LogP contribution in [0.4, 0.5) is 5.00 Å². The molecule has 0 radical (unpaired) electrons. The van der Waals surface area contributed by atoms with Gasteiger partial charge in [0.15, 0.2) is 5.16 Å². The van der Waals surface area contributed by atoms with Gasteiger partial charge in [0, 0.05) is 16.8 Å². The smallest absolute Gasteiger partial charge is 0.341 e. The van der Waals surface area contributed by atoms with E-state index in [1.165, 1.54) is 35.9 Å². The van der Waals surface area contributed by atoms with E-state index >= 15 is 0 Å². The summed E-state index contributed by atoms with van der Waals surface area (Å²) in [6.07, 6.45) is 5.50. The third-order valence-corrected chi connectivity index (χ3v) is 6.90. The number of amides is 1. The molecule has 2 aliphatic carbocycles. The van der Waals surface area contributed by atoms with Gasteiger partial charge in [-0.15, -0.1) is 21.5 Å². The number of carbonyl (C=O) groups is 2. The van der Waals surface area contributed by atoms with Crippen molar-refractivity contribution in [3.8, 4) is 0 Å². The number of nitrogens with one attached hydrogen (secondary N) is 1. The summed E-state index contributed by atoms with van der Waals surface area (Å²) in [5.41, 5.74) is 0.430. The number of aryl methyl sites for hydroxylation is 1. The van der Waals surface area contributed by atoms with Gasteiger partial charge in [-0.25, -0.2) is 4.79 Å². The Hall–Kier alpha value is -1.87. The molecule has 7 nitrogen and oxygen atoms in total. The SMILES string of the molecule is CCOC(=O)c1cc(CC)sc1NC(=O)CSc1nnc(C2CC2)n1C1CC1. The van der Waals surface area contributed by atoms with Gasteiger partial charge >= 0.3 is 5.97 Å². The molecule has 2 aliphatic rings. The third kappa shape index (κ3) is 4.25. The Bertz CT molecular complexity index is 884. The van der Waals surface area contributed by atoms with E-state index in [1.807, 2.05) is 6.92 Å². The first-order valence-electron chi connectivity index (χ1n) is 9.78. The number of nitrogens with zero attached hydrogens (tertiary/aromatic N) is 3. The molecule has 150 valence electrons. The summed E-state index contributed by atoms with van der Waals surface area (Å²) in [4.78, 5) is 25.7. The molecule has 0 saturated heterocycles. The topological polar surface area (TPSA) is 86.1 Å². The molecule has 0 aliphatic heterocycles. The maximum Gasteiger partial charge on any atom is 0.341 e. The fourth-order valence-electron chi connectivity index (χ4n) is 3.05. The molecule has 2 saturated carbocycles. The average Bonchev–Trinajstić information content (AvgIpc) is 3.61. The van der Waals surface area contributed by atoms with Crippen molar-refractivity contribution in [2.75, 3.05) is 17.7 Å². The summed E-state index contributed by atoms with van der Waals surface area (Å²) < 4.78 is 7.34. The van der Waals surface area contributed by atoms with Crippen molar-refractivity contribution in [1.29, 1.82) is 0 Å². The maximum absolute atomic E-state index is 12.5. The first-order chi connectivity index (χ1) is 13.6. The zero-order chi connectivity index (χ0) is 19.7. The molecule has 0 unspecified atom stereocenters. The van der Waals surface area contributed by atoms with Crippen molar-refractivity contribution in [3.63, 3.8) is 0 Å². The molecule has 2 fully saturated rings. The van der Waals surface area contributed by atoms with Crippen LogP contribution in [-0.2, 0) is 16.0 Å². The lowest BCUT2D eigenvalue weighted by atomic mass is 10.2. The second-order valence-corrected chi connectivity index (χ2v) is 9.16. The number of carbonyl (C=O) groups excluding carboxylic acids is 2. The van der Waals surface area contributed by atoms with Crippen LogP contribution in [0.25, 0.3) is 0 Å². The minimum atomic E-state index is -0.399. The molecule has 1 N–H and O–H groups in total. The van der Waals surface area contributed by atoms with Crippen LogP contribution in [-0.4, -0.2) is 39.0 Å². The molecular weight excluding hydrogens is 396 g/mol. The second kappa shape index (κ2) is 8.24. The van der Waals surface area contributed by atoms with Crippen LogP contribution in [0.5, 0.6) is 0 Å². The fourth-order valence-corrected chi connectivity index (χ4v) is 4.86. The predicted molar refractivity (Wildman–Crippen MR) is 109 cm³/mol. The summed E-state index contributed by atoms with van der Waals surface area (Å²) in [6.45, 7) is 4.09. The predicted octanol–water partition coefficient (Wildman–Crippen LogP) is 4.02. The first-order valence-corrected chi connectivity index (χ1v) is 11.6. The van der Waals surface area contributed by atoms with Crippen LogP contribution in [0, 0.1) is 0 Å². The normalized spacial score (nSPS) is 16.2. The van der Waals surface area contributed by atoms with Gasteiger partial charge in [-0.3, -0.25) is 4.79 Å². The van der Waals surface area contributed by atoms with Crippen LogP contribution in [0.3, 0.4) is 0 Å². The lowest BCUT2D eigenvalue weighted by Crippen LogP contribution is -2.16. The Balaban J connectivity index is 1.41. The van der Waals surface area contributed by atoms with Gasteiger partial charge in [-0.05, 0) is 45.1 Å². The van der Waals surface area contributed by atoms with E-state index in [2.05, 4.69) is 20.1 Å².